The number of aliphatic hydroxyl groups is 1. The van der Waals surface area contributed by atoms with E-state index in [1.165, 1.54) is 0 Å². The van der Waals surface area contributed by atoms with Crippen molar-refractivity contribution in [3.63, 3.8) is 0 Å². The molecule has 0 aliphatic heterocycles. The Bertz CT molecular complexity index is 203. The molecule has 0 aromatic carbocycles. The van der Waals surface area contributed by atoms with E-state index in [2.05, 4.69) is 39.6 Å². The maximum Gasteiger partial charge on any atom is 0.0964 e. The fraction of sp³-hybridized carbons (Fsp3) is 1.00. The molecule has 0 aromatic heterocycles. The summed E-state index contributed by atoms with van der Waals surface area (Å²) in [6, 6.07) is 0.184. The van der Waals surface area contributed by atoms with Crippen LogP contribution in [0.3, 0.4) is 0 Å². The molecule has 0 rings (SSSR count). The Morgan fingerprint density at radius 2 is 1.56 bits per heavy atom. The lowest BCUT2D eigenvalue weighted by molar-refractivity contribution is -0.117. The molecule has 3 heteroatoms. The standard InChI is InChI=1S/C13H29NO2/c1-10(14(8)12(2,3)4)11(9-15)16-13(5,6)7/h10-11,15H,9H2,1-8H3/t10-,11-/m1/s1. The van der Waals surface area contributed by atoms with Gasteiger partial charge in [0.2, 0.25) is 0 Å². The number of rotatable bonds is 4. The van der Waals surface area contributed by atoms with Crippen LogP contribution in [0.4, 0.5) is 0 Å². The zero-order valence-corrected chi connectivity index (χ0v) is 12.2. The number of likely N-dealkylation sites (N-methyl/N-ethyl adjacent to an activating group) is 1. The van der Waals surface area contributed by atoms with Crippen LogP contribution < -0.4 is 0 Å². The molecule has 0 aliphatic rings. The minimum atomic E-state index is -0.222. The molecule has 1 N–H and O–H groups in total. The van der Waals surface area contributed by atoms with Crippen LogP contribution in [0.5, 0.6) is 0 Å². The monoisotopic (exact) mass is 231 g/mol. The van der Waals surface area contributed by atoms with Crippen LogP contribution in [-0.2, 0) is 4.74 Å². The van der Waals surface area contributed by atoms with Crippen molar-refractivity contribution in [2.45, 2.75) is 71.8 Å². The van der Waals surface area contributed by atoms with E-state index in [0.717, 1.165) is 0 Å². The summed E-state index contributed by atoms with van der Waals surface area (Å²) in [4.78, 5) is 2.24. The van der Waals surface area contributed by atoms with Crippen molar-refractivity contribution in [3.8, 4) is 0 Å². The van der Waals surface area contributed by atoms with Crippen molar-refractivity contribution in [2.24, 2.45) is 0 Å². The van der Waals surface area contributed by atoms with Crippen molar-refractivity contribution in [1.82, 2.24) is 4.90 Å². The van der Waals surface area contributed by atoms with Crippen molar-refractivity contribution < 1.29 is 9.84 Å². The van der Waals surface area contributed by atoms with Gasteiger partial charge in [-0.15, -0.1) is 0 Å². The molecular formula is C13H29NO2. The Labute approximate surface area is 101 Å². The van der Waals surface area contributed by atoms with Gasteiger partial charge in [0.15, 0.2) is 0 Å². The van der Waals surface area contributed by atoms with Crippen molar-refractivity contribution in [2.75, 3.05) is 13.7 Å². The van der Waals surface area contributed by atoms with E-state index in [4.69, 9.17) is 4.74 Å². The Kier molecular flexibility index (Phi) is 5.44. The van der Waals surface area contributed by atoms with Gasteiger partial charge in [-0.05, 0) is 55.5 Å². The van der Waals surface area contributed by atoms with E-state index in [1.54, 1.807) is 0 Å². The van der Waals surface area contributed by atoms with Gasteiger partial charge in [0.05, 0.1) is 18.3 Å². The minimum absolute atomic E-state index is 0.0544. The van der Waals surface area contributed by atoms with Crippen LogP contribution >= 0.6 is 0 Å². The van der Waals surface area contributed by atoms with E-state index >= 15 is 0 Å². The second-order valence-electron chi connectivity index (χ2n) is 6.47. The van der Waals surface area contributed by atoms with Crippen LogP contribution in [0.25, 0.3) is 0 Å². The number of aliphatic hydroxyl groups excluding tert-OH is 1. The average molecular weight is 231 g/mol. The molecule has 0 radical (unpaired) electrons. The van der Waals surface area contributed by atoms with Crippen molar-refractivity contribution in [3.05, 3.63) is 0 Å². The van der Waals surface area contributed by atoms with Crippen LogP contribution in [0, 0.1) is 0 Å². The Balaban J connectivity index is 4.60. The summed E-state index contributed by atoms with van der Waals surface area (Å²) in [5.74, 6) is 0. The summed E-state index contributed by atoms with van der Waals surface area (Å²) < 4.78 is 5.87. The molecule has 0 heterocycles. The van der Waals surface area contributed by atoms with Gasteiger partial charge in [-0.25, -0.2) is 0 Å². The van der Waals surface area contributed by atoms with Crippen LogP contribution in [0.15, 0.2) is 0 Å². The van der Waals surface area contributed by atoms with Gasteiger partial charge in [0.25, 0.3) is 0 Å². The lowest BCUT2D eigenvalue weighted by Gasteiger charge is -2.41. The number of hydrogen-bond donors (Lipinski definition) is 1. The quantitative estimate of drug-likeness (QED) is 0.805. The lowest BCUT2D eigenvalue weighted by atomic mass is 10.0. The first kappa shape index (κ1) is 15.9. The molecule has 0 bridgehead atoms. The molecule has 0 fully saturated rings. The third kappa shape index (κ3) is 5.28. The highest BCUT2D eigenvalue weighted by molar-refractivity contribution is 4.84. The van der Waals surface area contributed by atoms with Crippen LogP contribution in [0.2, 0.25) is 0 Å². The molecule has 0 unspecified atom stereocenters. The molecule has 0 saturated carbocycles. The predicted octanol–water partition coefficient (Wildman–Crippen LogP) is 2.28. The predicted molar refractivity (Wildman–Crippen MR) is 68.7 cm³/mol. The topological polar surface area (TPSA) is 32.7 Å². The molecular weight excluding hydrogens is 202 g/mol. The lowest BCUT2D eigenvalue weighted by Crippen LogP contribution is -2.52. The number of hydrogen-bond acceptors (Lipinski definition) is 3. The summed E-state index contributed by atoms with van der Waals surface area (Å²) in [5, 5.41) is 9.42. The van der Waals surface area contributed by atoms with Gasteiger partial charge in [-0.1, -0.05) is 0 Å². The Morgan fingerprint density at radius 1 is 1.12 bits per heavy atom. The van der Waals surface area contributed by atoms with E-state index in [9.17, 15) is 5.11 Å². The number of nitrogens with zero attached hydrogens (tertiary/aromatic N) is 1. The zero-order chi connectivity index (χ0) is 13.1. The van der Waals surface area contributed by atoms with Crippen molar-refractivity contribution >= 4 is 0 Å². The minimum Gasteiger partial charge on any atom is -0.394 e. The van der Waals surface area contributed by atoms with Gasteiger partial charge >= 0.3 is 0 Å². The second-order valence-corrected chi connectivity index (χ2v) is 6.47. The molecule has 0 amide bonds. The van der Waals surface area contributed by atoms with Crippen LogP contribution in [-0.4, -0.2) is 46.9 Å². The Morgan fingerprint density at radius 3 is 1.81 bits per heavy atom. The maximum atomic E-state index is 9.42. The van der Waals surface area contributed by atoms with Gasteiger partial charge in [0.1, 0.15) is 0 Å². The highest BCUT2D eigenvalue weighted by Crippen LogP contribution is 2.21. The van der Waals surface area contributed by atoms with Crippen LogP contribution in [0.1, 0.15) is 48.5 Å². The zero-order valence-electron chi connectivity index (χ0n) is 12.2. The second kappa shape index (κ2) is 5.48. The first-order chi connectivity index (χ1) is 6.99. The highest BCUT2D eigenvalue weighted by Gasteiger charge is 2.30. The molecule has 0 saturated heterocycles. The summed E-state index contributed by atoms with van der Waals surface area (Å²) in [5.41, 5.74) is -0.144. The Hall–Kier alpha value is -0.120. The third-order valence-electron chi connectivity index (χ3n) is 2.89. The fourth-order valence-electron chi connectivity index (χ4n) is 1.60. The molecule has 0 aliphatic carbocycles. The highest BCUT2D eigenvalue weighted by atomic mass is 16.5. The summed E-state index contributed by atoms with van der Waals surface area (Å²) in [7, 11) is 2.07. The largest absolute Gasteiger partial charge is 0.394 e. The third-order valence-corrected chi connectivity index (χ3v) is 2.89. The molecule has 0 aromatic rings. The fourth-order valence-corrected chi connectivity index (χ4v) is 1.60. The van der Waals surface area contributed by atoms with E-state index in [0.29, 0.717) is 0 Å². The normalized spacial score (nSPS) is 17.6. The maximum absolute atomic E-state index is 9.42. The summed E-state index contributed by atoms with van der Waals surface area (Å²) in [6.45, 7) is 14.7. The van der Waals surface area contributed by atoms with Crippen molar-refractivity contribution in [1.29, 1.82) is 0 Å². The van der Waals surface area contributed by atoms with Gasteiger partial charge in [-0.3, -0.25) is 4.90 Å². The average Bonchev–Trinajstić information content (AvgIpc) is 2.08. The molecule has 16 heavy (non-hydrogen) atoms. The molecule has 0 spiro atoms. The smallest absolute Gasteiger partial charge is 0.0964 e. The molecule has 3 nitrogen and oxygen atoms in total. The first-order valence-corrected chi connectivity index (χ1v) is 6.00. The number of ether oxygens (including phenoxy) is 1. The van der Waals surface area contributed by atoms with E-state index < -0.39 is 0 Å². The summed E-state index contributed by atoms with van der Waals surface area (Å²) in [6.07, 6.45) is -0.149. The van der Waals surface area contributed by atoms with E-state index in [-0.39, 0.29) is 29.9 Å². The van der Waals surface area contributed by atoms with E-state index in [1.807, 2.05) is 20.8 Å². The molecule has 2 atom stereocenters. The summed E-state index contributed by atoms with van der Waals surface area (Å²) >= 11 is 0. The van der Waals surface area contributed by atoms with Gasteiger partial charge in [0, 0.05) is 11.6 Å². The molecule has 98 valence electrons. The first-order valence-electron chi connectivity index (χ1n) is 6.00. The SMILES string of the molecule is C[C@H]([C@@H](CO)OC(C)(C)C)N(C)C(C)(C)C. The van der Waals surface area contributed by atoms with Gasteiger partial charge < -0.3 is 9.84 Å². The van der Waals surface area contributed by atoms with Gasteiger partial charge in [-0.2, -0.15) is 0 Å².